The van der Waals surface area contributed by atoms with Crippen LogP contribution < -0.4 is 4.90 Å². The predicted molar refractivity (Wildman–Crippen MR) is 67.2 cm³/mol. The van der Waals surface area contributed by atoms with E-state index in [1.165, 1.54) is 17.0 Å². The Hall–Kier alpha value is -2.17. The molecule has 0 atom stereocenters. The molecule has 94 valence electrons. The van der Waals surface area contributed by atoms with Crippen molar-refractivity contribution in [3.8, 4) is 0 Å². The maximum atomic E-state index is 12.8. The number of hydrogen-bond donors (Lipinski definition) is 1. The number of H-pyrrole nitrogens is 1. The lowest BCUT2D eigenvalue weighted by Gasteiger charge is -2.17. The Morgan fingerprint density at radius 3 is 2.39 bits per heavy atom. The molecule has 0 aliphatic rings. The summed E-state index contributed by atoms with van der Waals surface area (Å²) in [5, 5.41) is 6.77. The highest BCUT2D eigenvalue weighted by atomic mass is 19.1. The summed E-state index contributed by atoms with van der Waals surface area (Å²) < 4.78 is 12.8. The summed E-state index contributed by atoms with van der Waals surface area (Å²) in [4.78, 5) is 13.8. The Balaban J connectivity index is 2.32. The first kappa shape index (κ1) is 12.3. The smallest absolute Gasteiger partial charge is 0.261 e. The number of carbonyl (C=O) groups is 1. The molecule has 1 amide bonds. The molecule has 1 N–H and O–H groups in total. The highest BCUT2D eigenvalue weighted by Gasteiger charge is 2.20. The number of aromatic amines is 1. The first-order valence-corrected chi connectivity index (χ1v) is 5.56. The molecule has 0 saturated heterocycles. The Bertz CT molecular complexity index is 555. The Kier molecular flexibility index (Phi) is 3.14. The highest BCUT2D eigenvalue weighted by Crippen LogP contribution is 2.18. The van der Waals surface area contributed by atoms with Gasteiger partial charge in [-0.1, -0.05) is 0 Å². The lowest BCUT2D eigenvalue weighted by molar-refractivity contribution is 0.0992. The topological polar surface area (TPSA) is 49.0 Å². The summed E-state index contributed by atoms with van der Waals surface area (Å²) in [6.45, 7) is 3.57. The van der Waals surface area contributed by atoms with E-state index in [-0.39, 0.29) is 11.7 Å². The van der Waals surface area contributed by atoms with Gasteiger partial charge in [0.2, 0.25) is 0 Å². The Labute approximate surface area is 104 Å². The zero-order valence-corrected chi connectivity index (χ0v) is 10.5. The molecule has 18 heavy (non-hydrogen) atoms. The summed E-state index contributed by atoms with van der Waals surface area (Å²) in [5.41, 5.74) is 2.58. The summed E-state index contributed by atoms with van der Waals surface area (Å²) >= 11 is 0. The summed E-state index contributed by atoms with van der Waals surface area (Å²) in [5.74, 6) is -0.486. The van der Waals surface area contributed by atoms with Crippen LogP contribution in [0.1, 0.15) is 21.7 Å². The van der Waals surface area contributed by atoms with Gasteiger partial charge in [0.25, 0.3) is 5.91 Å². The van der Waals surface area contributed by atoms with Crippen LogP contribution in [0.2, 0.25) is 0 Å². The fraction of sp³-hybridized carbons (Fsp3) is 0.231. The summed E-state index contributed by atoms with van der Waals surface area (Å²) in [7, 11) is 1.65. The van der Waals surface area contributed by atoms with Crippen LogP contribution in [-0.4, -0.2) is 23.2 Å². The van der Waals surface area contributed by atoms with Crippen LogP contribution in [0, 0.1) is 19.7 Å². The normalized spacial score (nSPS) is 10.4. The fourth-order valence-corrected chi connectivity index (χ4v) is 1.82. The van der Waals surface area contributed by atoms with Crippen LogP contribution in [0.15, 0.2) is 24.3 Å². The van der Waals surface area contributed by atoms with Crippen LogP contribution >= 0.6 is 0 Å². The summed E-state index contributed by atoms with van der Waals surface area (Å²) in [6.07, 6.45) is 0. The molecule has 1 heterocycles. The number of nitrogens with zero attached hydrogens (tertiary/aromatic N) is 2. The first-order chi connectivity index (χ1) is 8.50. The minimum atomic E-state index is -0.324. The highest BCUT2D eigenvalue weighted by molar-refractivity contribution is 6.07. The van der Waals surface area contributed by atoms with E-state index in [2.05, 4.69) is 10.2 Å². The number of hydrogen-bond acceptors (Lipinski definition) is 2. The minimum absolute atomic E-state index is 0.162. The molecule has 0 aliphatic heterocycles. The van der Waals surface area contributed by atoms with E-state index in [4.69, 9.17) is 0 Å². The third-order valence-electron chi connectivity index (χ3n) is 2.86. The van der Waals surface area contributed by atoms with Gasteiger partial charge in [0, 0.05) is 18.4 Å². The van der Waals surface area contributed by atoms with Gasteiger partial charge in [-0.15, -0.1) is 0 Å². The van der Waals surface area contributed by atoms with Gasteiger partial charge >= 0.3 is 0 Å². The molecule has 2 rings (SSSR count). The van der Waals surface area contributed by atoms with Gasteiger partial charge in [-0.2, -0.15) is 5.10 Å². The average Bonchev–Trinajstić information content (AvgIpc) is 2.68. The number of nitrogens with one attached hydrogen (secondary N) is 1. The molecule has 0 bridgehead atoms. The van der Waals surface area contributed by atoms with Crippen molar-refractivity contribution in [1.29, 1.82) is 0 Å². The van der Waals surface area contributed by atoms with Crippen LogP contribution in [0.4, 0.5) is 10.1 Å². The molecule has 5 heteroatoms. The molecule has 0 spiro atoms. The van der Waals surface area contributed by atoms with E-state index in [0.717, 1.165) is 5.69 Å². The lowest BCUT2D eigenvalue weighted by atomic mass is 10.1. The van der Waals surface area contributed by atoms with E-state index >= 15 is 0 Å². The van der Waals surface area contributed by atoms with E-state index in [0.29, 0.717) is 16.9 Å². The van der Waals surface area contributed by atoms with Crippen molar-refractivity contribution in [3.63, 3.8) is 0 Å². The second-order valence-electron chi connectivity index (χ2n) is 4.15. The molecule has 2 aromatic rings. The van der Waals surface area contributed by atoms with Crippen molar-refractivity contribution in [3.05, 3.63) is 47.0 Å². The van der Waals surface area contributed by atoms with Crippen molar-refractivity contribution < 1.29 is 9.18 Å². The molecule has 0 unspecified atom stereocenters. The van der Waals surface area contributed by atoms with Crippen LogP contribution in [0.25, 0.3) is 0 Å². The number of carbonyl (C=O) groups excluding carboxylic acids is 1. The predicted octanol–water partition coefficient (Wildman–Crippen LogP) is 2.44. The van der Waals surface area contributed by atoms with Gasteiger partial charge in [-0.3, -0.25) is 9.89 Å². The largest absolute Gasteiger partial charge is 0.311 e. The second kappa shape index (κ2) is 4.60. The van der Waals surface area contributed by atoms with Crippen molar-refractivity contribution in [2.75, 3.05) is 11.9 Å². The minimum Gasteiger partial charge on any atom is -0.311 e. The second-order valence-corrected chi connectivity index (χ2v) is 4.15. The monoisotopic (exact) mass is 247 g/mol. The molecule has 1 aromatic carbocycles. The van der Waals surface area contributed by atoms with Gasteiger partial charge in [0.1, 0.15) is 5.82 Å². The molecule has 0 radical (unpaired) electrons. The molecule has 0 saturated carbocycles. The van der Waals surface area contributed by atoms with Crippen LogP contribution in [0.3, 0.4) is 0 Å². The van der Waals surface area contributed by atoms with Gasteiger partial charge in [0.05, 0.1) is 11.3 Å². The number of aryl methyl sites for hydroxylation is 2. The van der Waals surface area contributed by atoms with E-state index < -0.39 is 0 Å². The van der Waals surface area contributed by atoms with Gasteiger partial charge in [-0.25, -0.2) is 4.39 Å². The zero-order valence-electron chi connectivity index (χ0n) is 10.5. The van der Waals surface area contributed by atoms with Crippen molar-refractivity contribution in [2.45, 2.75) is 13.8 Å². The van der Waals surface area contributed by atoms with Crippen molar-refractivity contribution >= 4 is 11.6 Å². The zero-order chi connectivity index (χ0) is 13.3. The number of anilines is 1. The van der Waals surface area contributed by atoms with Crippen LogP contribution in [0.5, 0.6) is 0 Å². The number of benzene rings is 1. The van der Waals surface area contributed by atoms with Crippen LogP contribution in [-0.2, 0) is 0 Å². The standard InChI is InChI=1S/C13H14FN3O/c1-8-12(9(2)16-15-8)13(18)17(3)11-6-4-10(14)5-7-11/h4-7H,1-3H3,(H,15,16). The average molecular weight is 247 g/mol. The van der Waals surface area contributed by atoms with Gasteiger partial charge < -0.3 is 4.90 Å². The lowest BCUT2D eigenvalue weighted by Crippen LogP contribution is -2.27. The van der Waals surface area contributed by atoms with E-state index in [1.54, 1.807) is 33.0 Å². The van der Waals surface area contributed by atoms with Crippen molar-refractivity contribution in [2.24, 2.45) is 0 Å². The SMILES string of the molecule is Cc1n[nH]c(C)c1C(=O)N(C)c1ccc(F)cc1. The summed E-state index contributed by atoms with van der Waals surface area (Å²) in [6, 6.07) is 5.79. The maximum Gasteiger partial charge on any atom is 0.261 e. The Morgan fingerprint density at radius 2 is 1.89 bits per heavy atom. The number of rotatable bonds is 2. The number of aromatic nitrogens is 2. The van der Waals surface area contributed by atoms with Gasteiger partial charge in [0.15, 0.2) is 0 Å². The molecule has 0 fully saturated rings. The third-order valence-corrected chi connectivity index (χ3v) is 2.86. The molecular weight excluding hydrogens is 233 g/mol. The van der Waals surface area contributed by atoms with E-state index in [1.807, 2.05) is 0 Å². The van der Waals surface area contributed by atoms with Gasteiger partial charge in [-0.05, 0) is 38.1 Å². The number of halogens is 1. The first-order valence-electron chi connectivity index (χ1n) is 5.56. The van der Waals surface area contributed by atoms with E-state index in [9.17, 15) is 9.18 Å². The fourth-order valence-electron chi connectivity index (χ4n) is 1.82. The molecule has 4 nitrogen and oxygen atoms in total. The molecule has 1 aromatic heterocycles. The molecular formula is C13H14FN3O. The Morgan fingerprint density at radius 1 is 1.28 bits per heavy atom. The quantitative estimate of drug-likeness (QED) is 0.886. The maximum absolute atomic E-state index is 12.8. The van der Waals surface area contributed by atoms with Crippen molar-refractivity contribution in [1.82, 2.24) is 10.2 Å². The number of amides is 1. The molecule has 0 aliphatic carbocycles. The third kappa shape index (κ3) is 2.11.